The van der Waals surface area contributed by atoms with Crippen molar-refractivity contribution < 1.29 is 4.79 Å². The Bertz CT molecular complexity index is 593. The van der Waals surface area contributed by atoms with Gasteiger partial charge in [0.2, 0.25) is 5.91 Å². The van der Waals surface area contributed by atoms with Crippen molar-refractivity contribution in [1.82, 2.24) is 10.2 Å². The summed E-state index contributed by atoms with van der Waals surface area (Å²) in [6.07, 6.45) is 0.993. The molecule has 0 radical (unpaired) electrons. The van der Waals surface area contributed by atoms with Gasteiger partial charge in [0.15, 0.2) is 0 Å². The number of rotatable bonds is 5. The summed E-state index contributed by atoms with van der Waals surface area (Å²) in [5.41, 5.74) is 1.72. The van der Waals surface area contributed by atoms with E-state index in [9.17, 15) is 10.1 Å². The molecule has 5 nitrogen and oxygen atoms in total. The molecular weight excluding hydrogens is 300 g/mol. The molecule has 0 bridgehead atoms. The maximum Gasteiger partial charge on any atom is 0.234 e. The highest BCUT2D eigenvalue weighted by Crippen LogP contribution is 2.21. The van der Waals surface area contributed by atoms with E-state index in [1.807, 2.05) is 31.2 Å². The highest BCUT2D eigenvalue weighted by atomic mass is 16.2. The standard InChI is InChI=1S/C19H28N4O/c1-15(2)16(3)21-19(24)14-22-9-6-10-23(12-11-22)18-8-5-4-7-17(18)13-20/h4-5,7-8,15-16H,6,9-12,14H2,1-3H3,(H,21,24)/t16-/m0/s1. The molecule has 0 unspecified atom stereocenters. The van der Waals surface area contributed by atoms with Gasteiger partial charge in [-0.05, 0) is 31.4 Å². The van der Waals surface area contributed by atoms with Crippen molar-refractivity contribution in [3.63, 3.8) is 0 Å². The monoisotopic (exact) mass is 328 g/mol. The second-order valence-corrected chi connectivity index (χ2v) is 6.85. The lowest BCUT2D eigenvalue weighted by molar-refractivity contribution is -0.123. The number of hydrogen-bond acceptors (Lipinski definition) is 4. The summed E-state index contributed by atoms with van der Waals surface area (Å²) >= 11 is 0. The van der Waals surface area contributed by atoms with Crippen LogP contribution in [0.2, 0.25) is 0 Å². The van der Waals surface area contributed by atoms with E-state index >= 15 is 0 Å². The first-order chi connectivity index (χ1) is 11.5. The number of carbonyl (C=O) groups is 1. The van der Waals surface area contributed by atoms with Crippen LogP contribution in [0.5, 0.6) is 0 Å². The van der Waals surface area contributed by atoms with Crippen molar-refractivity contribution in [2.75, 3.05) is 37.6 Å². The lowest BCUT2D eigenvalue weighted by atomic mass is 10.1. The summed E-state index contributed by atoms with van der Waals surface area (Å²) in [6.45, 7) is 10.2. The third kappa shape index (κ3) is 4.97. The first kappa shape index (κ1) is 18.3. The Morgan fingerprint density at radius 3 is 2.67 bits per heavy atom. The largest absolute Gasteiger partial charge is 0.369 e. The molecule has 1 fully saturated rings. The van der Waals surface area contributed by atoms with Crippen LogP contribution < -0.4 is 10.2 Å². The van der Waals surface area contributed by atoms with Crippen LogP contribution in [0, 0.1) is 17.2 Å². The summed E-state index contributed by atoms with van der Waals surface area (Å²) in [4.78, 5) is 16.6. The van der Waals surface area contributed by atoms with E-state index in [-0.39, 0.29) is 11.9 Å². The van der Waals surface area contributed by atoms with Gasteiger partial charge in [-0.3, -0.25) is 9.69 Å². The van der Waals surface area contributed by atoms with Crippen LogP contribution in [-0.4, -0.2) is 49.6 Å². The fraction of sp³-hybridized carbons (Fsp3) is 0.579. The number of amides is 1. The molecule has 1 saturated heterocycles. The molecule has 1 aliphatic rings. The van der Waals surface area contributed by atoms with Gasteiger partial charge in [0.05, 0.1) is 17.8 Å². The molecular formula is C19H28N4O. The van der Waals surface area contributed by atoms with Crippen molar-refractivity contribution in [3.05, 3.63) is 29.8 Å². The molecule has 24 heavy (non-hydrogen) atoms. The Morgan fingerprint density at radius 2 is 1.96 bits per heavy atom. The number of nitrogens with one attached hydrogen (secondary N) is 1. The van der Waals surface area contributed by atoms with Crippen molar-refractivity contribution in [2.24, 2.45) is 5.92 Å². The average Bonchev–Trinajstić information content (AvgIpc) is 2.80. The molecule has 0 aromatic heterocycles. The fourth-order valence-corrected chi connectivity index (χ4v) is 2.88. The predicted molar refractivity (Wildman–Crippen MR) is 96.9 cm³/mol. The van der Waals surface area contributed by atoms with Gasteiger partial charge >= 0.3 is 0 Å². The molecule has 1 N–H and O–H groups in total. The van der Waals surface area contributed by atoms with E-state index in [1.165, 1.54) is 0 Å². The third-order valence-electron chi connectivity index (χ3n) is 4.71. The second-order valence-electron chi connectivity index (χ2n) is 6.85. The smallest absolute Gasteiger partial charge is 0.234 e. The Labute approximate surface area is 145 Å². The molecule has 1 amide bonds. The van der Waals surface area contributed by atoms with Gasteiger partial charge in [0.25, 0.3) is 0 Å². The third-order valence-corrected chi connectivity index (χ3v) is 4.71. The molecule has 1 aromatic carbocycles. The number of carbonyl (C=O) groups excluding carboxylic acids is 1. The second kappa shape index (κ2) is 8.70. The van der Waals surface area contributed by atoms with Crippen molar-refractivity contribution in [2.45, 2.75) is 33.2 Å². The molecule has 5 heteroatoms. The zero-order valence-electron chi connectivity index (χ0n) is 15.0. The van der Waals surface area contributed by atoms with Crippen LogP contribution in [0.3, 0.4) is 0 Å². The van der Waals surface area contributed by atoms with E-state index < -0.39 is 0 Å². The maximum atomic E-state index is 12.2. The molecule has 1 heterocycles. The van der Waals surface area contributed by atoms with E-state index in [0.717, 1.165) is 43.9 Å². The minimum atomic E-state index is 0.0991. The minimum absolute atomic E-state index is 0.0991. The van der Waals surface area contributed by atoms with E-state index in [1.54, 1.807) is 0 Å². The zero-order chi connectivity index (χ0) is 17.5. The number of nitrogens with zero attached hydrogens (tertiary/aromatic N) is 3. The maximum absolute atomic E-state index is 12.2. The molecule has 0 spiro atoms. The molecule has 1 atom stereocenters. The summed E-state index contributed by atoms with van der Waals surface area (Å²) in [6, 6.07) is 10.2. The summed E-state index contributed by atoms with van der Waals surface area (Å²) < 4.78 is 0. The normalized spacial score (nSPS) is 17.2. The minimum Gasteiger partial charge on any atom is -0.369 e. The summed E-state index contributed by atoms with van der Waals surface area (Å²) in [5, 5.41) is 12.3. The molecule has 0 aliphatic carbocycles. The van der Waals surface area contributed by atoms with Crippen molar-refractivity contribution >= 4 is 11.6 Å². The van der Waals surface area contributed by atoms with Gasteiger partial charge in [0.1, 0.15) is 6.07 Å². The summed E-state index contributed by atoms with van der Waals surface area (Å²) in [5.74, 6) is 0.540. The van der Waals surface area contributed by atoms with Gasteiger partial charge in [0, 0.05) is 32.2 Å². The Balaban J connectivity index is 1.91. The van der Waals surface area contributed by atoms with Gasteiger partial charge in [-0.2, -0.15) is 5.26 Å². The highest BCUT2D eigenvalue weighted by Gasteiger charge is 2.19. The van der Waals surface area contributed by atoms with Crippen LogP contribution in [0.25, 0.3) is 0 Å². The zero-order valence-corrected chi connectivity index (χ0v) is 15.0. The number of anilines is 1. The molecule has 2 rings (SSSR count). The first-order valence-corrected chi connectivity index (χ1v) is 8.77. The number of para-hydroxylation sites is 1. The molecule has 1 aliphatic heterocycles. The van der Waals surface area contributed by atoms with Gasteiger partial charge in [-0.1, -0.05) is 26.0 Å². The number of hydrogen-bond donors (Lipinski definition) is 1. The first-order valence-electron chi connectivity index (χ1n) is 8.77. The van der Waals surface area contributed by atoms with Crippen LogP contribution in [0.4, 0.5) is 5.69 Å². The average molecular weight is 328 g/mol. The molecule has 130 valence electrons. The molecule has 0 saturated carbocycles. The Kier molecular flexibility index (Phi) is 6.62. The van der Waals surface area contributed by atoms with E-state index in [4.69, 9.17) is 0 Å². The predicted octanol–water partition coefficient (Wildman–Crippen LogP) is 2.23. The quantitative estimate of drug-likeness (QED) is 0.900. The van der Waals surface area contributed by atoms with Crippen LogP contribution in [0.1, 0.15) is 32.8 Å². The number of nitriles is 1. The van der Waals surface area contributed by atoms with Gasteiger partial charge < -0.3 is 10.2 Å². The molecule has 1 aromatic rings. The van der Waals surface area contributed by atoms with Gasteiger partial charge in [-0.25, -0.2) is 0 Å². The van der Waals surface area contributed by atoms with Crippen molar-refractivity contribution in [1.29, 1.82) is 5.26 Å². The van der Waals surface area contributed by atoms with Crippen LogP contribution in [0.15, 0.2) is 24.3 Å². The Morgan fingerprint density at radius 1 is 1.21 bits per heavy atom. The van der Waals surface area contributed by atoms with E-state index in [2.05, 4.69) is 35.0 Å². The summed E-state index contributed by atoms with van der Waals surface area (Å²) in [7, 11) is 0. The van der Waals surface area contributed by atoms with Gasteiger partial charge in [-0.15, -0.1) is 0 Å². The highest BCUT2D eigenvalue weighted by molar-refractivity contribution is 5.78. The van der Waals surface area contributed by atoms with Crippen LogP contribution >= 0.6 is 0 Å². The van der Waals surface area contributed by atoms with E-state index in [0.29, 0.717) is 12.5 Å². The topological polar surface area (TPSA) is 59.4 Å². The SMILES string of the molecule is CC(C)[C@H](C)NC(=O)CN1CCCN(c2ccccc2C#N)CC1. The fourth-order valence-electron chi connectivity index (χ4n) is 2.88. The lowest BCUT2D eigenvalue weighted by Crippen LogP contribution is -2.43. The van der Waals surface area contributed by atoms with Crippen molar-refractivity contribution in [3.8, 4) is 6.07 Å². The van der Waals surface area contributed by atoms with Crippen LogP contribution in [-0.2, 0) is 4.79 Å². The number of benzene rings is 1. The lowest BCUT2D eigenvalue weighted by Gasteiger charge is -2.25. The Hall–Kier alpha value is -2.06.